The van der Waals surface area contributed by atoms with Gasteiger partial charge in [-0.05, 0) is 39.1 Å². The highest BCUT2D eigenvalue weighted by atomic mass is 16.5. The minimum Gasteiger partial charge on any atom is -0.496 e. The van der Waals surface area contributed by atoms with Gasteiger partial charge in [-0.15, -0.1) is 0 Å². The van der Waals surface area contributed by atoms with Crippen molar-refractivity contribution in [2.75, 3.05) is 40.3 Å². The Morgan fingerprint density at radius 3 is 2.68 bits per heavy atom. The van der Waals surface area contributed by atoms with Crippen molar-refractivity contribution in [1.82, 2.24) is 15.5 Å². The third kappa shape index (κ3) is 6.35. The van der Waals surface area contributed by atoms with Gasteiger partial charge < -0.3 is 20.3 Å². The van der Waals surface area contributed by atoms with E-state index in [1.54, 1.807) is 7.11 Å². The quantitative estimate of drug-likeness (QED) is 0.570. The minimum absolute atomic E-state index is 0.600. The van der Waals surface area contributed by atoms with Crippen LogP contribution in [0.5, 0.6) is 5.75 Å². The predicted octanol–water partition coefficient (Wildman–Crippen LogP) is 2.01. The molecule has 0 fully saturated rings. The molecular formula is C17H30N4O. The first-order valence-electron chi connectivity index (χ1n) is 7.94. The van der Waals surface area contributed by atoms with Crippen LogP contribution in [0.25, 0.3) is 0 Å². The molecule has 0 aliphatic rings. The Morgan fingerprint density at radius 1 is 1.27 bits per heavy atom. The molecule has 0 saturated carbocycles. The molecule has 1 rings (SSSR count). The number of aliphatic imine (C=N–C) groups is 1. The van der Waals surface area contributed by atoms with E-state index in [0.29, 0.717) is 6.54 Å². The first-order valence-corrected chi connectivity index (χ1v) is 7.94. The first kappa shape index (κ1) is 18.3. The molecule has 22 heavy (non-hydrogen) atoms. The maximum Gasteiger partial charge on any atom is 0.191 e. The van der Waals surface area contributed by atoms with Crippen molar-refractivity contribution in [1.29, 1.82) is 0 Å². The summed E-state index contributed by atoms with van der Waals surface area (Å²) in [5.41, 5.74) is 2.29. The van der Waals surface area contributed by atoms with Gasteiger partial charge in [0.15, 0.2) is 5.96 Å². The molecule has 0 saturated heterocycles. The molecule has 0 atom stereocenters. The molecule has 0 unspecified atom stereocenters. The predicted molar refractivity (Wildman–Crippen MR) is 93.7 cm³/mol. The second kappa shape index (κ2) is 10.1. The van der Waals surface area contributed by atoms with Gasteiger partial charge in [0.05, 0.1) is 13.7 Å². The van der Waals surface area contributed by atoms with Crippen molar-refractivity contribution in [2.45, 2.75) is 27.3 Å². The average molecular weight is 306 g/mol. The smallest absolute Gasteiger partial charge is 0.191 e. The molecule has 0 heterocycles. The van der Waals surface area contributed by atoms with Gasteiger partial charge in [-0.25, -0.2) is 4.99 Å². The summed E-state index contributed by atoms with van der Waals surface area (Å²) in [5, 5.41) is 6.63. The van der Waals surface area contributed by atoms with E-state index in [4.69, 9.17) is 4.74 Å². The summed E-state index contributed by atoms with van der Waals surface area (Å²) in [4.78, 5) is 6.90. The lowest BCUT2D eigenvalue weighted by molar-refractivity contribution is 0.357. The van der Waals surface area contributed by atoms with Crippen LogP contribution < -0.4 is 15.4 Å². The van der Waals surface area contributed by atoms with Crippen LogP contribution in [0, 0.1) is 6.92 Å². The highest BCUT2D eigenvalue weighted by Gasteiger charge is 2.04. The molecular weight excluding hydrogens is 276 g/mol. The highest BCUT2D eigenvalue weighted by Crippen LogP contribution is 2.20. The lowest BCUT2D eigenvalue weighted by Gasteiger charge is -2.16. The summed E-state index contributed by atoms with van der Waals surface area (Å²) < 4.78 is 5.43. The standard InChI is InChI=1S/C17H30N4O/c1-6-18-17(19-10-11-21(4)7-2)20-13-15-9-8-14(3)12-16(15)22-5/h8-9,12H,6-7,10-11,13H2,1-5H3,(H2,18,19,20). The maximum atomic E-state index is 5.43. The normalized spacial score (nSPS) is 11.6. The largest absolute Gasteiger partial charge is 0.496 e. The number of hydrogen-bond donors (Lipinski definition) is 2. The number of nitrogens with zero attached hydrogens (tertiary/aromatic N) is 2. The van der Waals surface area contributed by atoms with Gasteiger partial charge in [0, 0.05) is 25.2 Å². The summed E-state index contributed by atoms with van der Waals surface area (Å²) in [7, 11) is 3.81. The van der Waals surface area contributed by atoms with Crippen molar-refractivity contribution in [3.63, 3.8) is 0 Å². The van der Waals surface area contributed by atoms with Gasteiger partial charge in [-0.3, -0.25) is 0 Å². The van der Waals surface area contributed by atoms with Crippen LogP contribution in [-0.2, 0) is 6.54 Å². The van der Waals surface area contributed by atoms with Crippen LogP contribution in [0.2, 0.25) is 0 Å². The number of likely N-dealkylation sites (N-methyl/N-ethyl adjacent to an activating group) is 1. The SMILES string of the molecule is CCNC(=NCc1ccc(C)cc1OC)NCCN(C)CC. The van der Waals surface area contributed by atoms with E-state index in [9.17, 15) is 0 Å². The van der Waals surface area contributed by atoms with Crippen LogP contribution in [0.15, 0.2) is 23.2 Å². The van der Waals surface area contributed by atoms with Gasteiger partial charge in [0.2, 0.25) is 0 Å². The summed E-state index contributed by atoms with van der Waals surface area (Å²) in [6.07, 6.45) is 0. The van der Waals surface area contributed by atoms with E-state index < -0.39 is 0 Å². The zero-order valence-corrected chi connectivity index (χ0v) is 14.6. The monoisotopic (exact) mass is 306 g/mol. The van der Waals surface area contributed by atoms with E-state index in [1.807, 2.05) is 6.07 Å². The Morgan fingerprint density at radius 2 is 2.05 bits per heavy atom. The van der Waals surface area contributed by atoms with Crippen molar-refractivity contribution in [3.8, 4) is 5.75 Å². The zero-order valence-electron chi connectivity index (χ0n) is 14.6. The van der Waals surface area contributed by atoms with Crippen molar-refractivity contribution < 1.29 is 4.74 Å². The molecule has 0 spiro atoms. The molecule has 0 aliphatic carbocycles. The van der Waals surface area contributed by atoms with Crippen LogP contribution in [0.1, 0.15) is 25.0 Å². The molecule has 124 valence electrons. The third-order valence-electron chi connectivity index (χ3n) is 3.52. The number of aryl methyl sites for hydroxylation is 1. The maximum absolute atomic E-state index is 5.43. The second-order valence-corrected chi connectivity index (χ2v) is 5.33. The molecule has 0 aliphatic heterocycles. The van der Waals surface area contributed by atoms with E-state index in [2.05, 4.69) is 60.5 Å². The Hall–Kier alpha value is -1.75. The molecule has 1 aromatic rings. The number of hydrogen-bond acceptors (Lipinski definition) is 3. The van der Waals surface area contributed by atoms with E-state index in [1.165, 1.54) is 5.56 Å². The van der Waals surface area contributed by atoms with Gasteiger partial charge in [0.25, 0.3) is 0 Å². The third-order valence-corrected chi connectivity index (χ3v) is 3.52. The fourth-order valence-electron chi connectivity index (χ4n) is 2.01. The Kier molecular flexibility index (Phi) is 8.36. The molecule has 0 aromatic heterocycles. The molecule has 5 nitrogen and oxygen atoms in total. The van der Waals surface area contributed by atoms with Gasteiger partial charge in [0.1, 0.15) is 5.75 Å². The molecule has 1 aromatic carbocycles. The van der Waals surface area contributed by atoms with Crippen molar-refractivity contribution in [2.24, 2.45) is 4.99 Å². The summed E-state index contributed by atoms with van der Waals surface area (Å²) in [5.74, 6) is 1.74. The Labute approximate surface area is 134 Å². The molecule has 2 N–H and O–H groups in total. The van der Waals surface area contributed by atoms with Crippen LogP contribution in [0.3, 0.4) is 0 Å². The second-order valence-electron chi connectivity index (χ2n) is 5.33. The van der Waals surface area contributed by atoms with Gasteiger partial charge >= 0.3 is 0 Å². The lowest BCUT2D eigenvalue weighted by atomic mass is 10.1. The van der Waals surface area contributed by atoms with E-state index >= 15 is 0 Å². The number of guanidine groups is 1. The number of methoxy groups -OCH3 is 1. The Balaban J connectivity index is 2.65. The van der Waals surface area contributed by atoms with Crippen molar-refractivity contribution >= 4 is 5.96 Å². The van der Waals surface area contributed by atoms with Crippen LogP contribution in [0.4, 0.5) is 0 Å². The van der Waals surface area contributed by atoms with Crippen LogP contribution >= 0.6 is 0 Å². The zero-order chi connectivity index (χ0) is 16.4. The fraction of sp³-hybridized carbons (Fsp3) is 0.588. The molecule has 0 amide bonds. The first-order chi connectivity index (χ1) is 10.6. The fourth-order valence-corrected chi connectivity index (χ4v) is 2.01. The molecule has 0 bridgehead atoms. The minimum atomic E-state index is 0.600. The van der Waals surface area contributed by atoms with E-state index in [-0.39, 0.29) is 0 Å². The highest BCUT2D eigenvalue weighted by molar-refractivity contribution is 5.79. The molecule has 0 radical (unpaired) electrons. The van der Waals surface area contributed by atoms with Crippen LogP contribution in [-0.4, -0.2) is 51.2 Å². The van der Waals surface area contributed by atoms with Gasteiger partial charge in [-0.1, -0.05) is 19.1 Å². The van der Waals surface area contributed by atoms with Crippen molar-refractivity contribution in [3.05, 3.63) is 29.3 Å². The summed E-state index contributed by atoms with van der Waals surface area (Å²) in [6, 6.07) is 6.21. The summed E-state index contributed by atoms with van der Waals surface area (Å²) in [6.45, 7) is 10.7. The topological polar surface area (TPSA) is 48.9 Å². The average Bonchev–Trinajstić information content (AvgIpc) is 2.52. The summed E-state index contributed by atoms with van der Waals surface area (Å²) >= 11 is 0. The number of nitrogens with one attached hydrogen (secondary N) is 2. The van der Waals surface area contributed by atoms with E-state index in [0.717, 1.165) is 43.5 Å². The lowest BCUT2D eigenvalue weighted by Crippen LogP contribution is -2.40. The molecule has 5 heteroatoms. The number of ether oxygens (including phenoxy) is 1. The number of rotatable bonds is 8. The number of benzene rings is 1. The van der Waals surface area contributed by atoms with Gasteiger partial charge in [-0.2, -0.15) is 0 Å². The Bertz CT molecular complexity index is 474.